The molecular weight excluding hydrogens is 499 g/mol. The van der Waals surface area contributed by atoms with Crippen molar-refractivity contribution in [3.8, 4) is 0 Å². The van der Waals surface area contributed by atoms with Gasteiger partial charge in [0.15, 0.2) is 0 Å². The molecule has 0 atom stereocenters. The highest BCUT2D eigenvalue weighted by Gasteiger charge is 2.17. The van der Waals surface area contributed by atoms with Gasteiger partial charge in [0.1, 0.15) is 19.0 Å². The molecule has 0 spiro atoms. The van der Waals surface area contributed by atoms with E-state index in [1.807, 2.05) is 60.7 Å². The Bertz CT molecular complexity index is 1110. The molecule has 39 heavy (non-hydrogen) atoms. The largest absolute Gasteiger partial charge is 0.445 e. The maximum Gasteiger partial charge on any atom is 0.410 e. The highest BCUT2D eigenvalue weighted by molar-refractivity contribution is 5.68. The van der Waals surface area contributed by atoms with Crippen molar-refractivity contribution in [2.45, 2.75) is 45.4 Å². The van der Waals surface area contributed by atoms with Crippen molar-refractivity contribution >= 4 is 12.2 Å². The first-order chi connectivity index (χ1) is 19.0. The summed E-state index contributed by atoms with van der Waals surface area (Å²) in [5.74, 6) is -0.323. The second-order valence-electron chi connectivity index (χ2n) is 9.25. The highest BCUT2D eigenvalue weighted by Crippen LogP contribution is 2.13. The van der Waals surface area contributed by atoms with Gasteiger partial charge in [0.25, 0.3) is 0 Å². The van der Waals surface area contributed by atoms with Crippen molar-refractivity contribution in [3.63, 3.8) is 0 Å². The van der Waals surface area contributed by atoms with E-state index in [4.69, 9.17) is 9.47 Å². The van der Waals surface area contributed by atoms with Gasteiger partial charge in [-0.15, -0.1) is 0 Å². The van der Waals surface area contributed by atoms with Crippen molar-refractivity contribution in [3.05, 3.63) is 107 Å². The average molecular weight is 537 g/mol. The van der Waals surface area contributed by atoms with Gasteiger partial charge in [-0.05, 0) is 41.7 Å². The number of hydrogen-bond acceptors (Lipinski definition) is 5. The van der Waals surface area contributed by atoms with E-state index < -0.39 is 12.2 Å². The van der Waals surface area contributed by atoms with Crippen LogP contribution in [0, 0.1) is 5.82 Å². The average Bonchev–Trinajstić information content (AvgIpc) is 2.97. The predicted octanol–water partition coefficient (Wildman–Crippen LogP) is 6.16. The summed E-state index contributed by atoms with van der Waals surface area (Å²) in [6.45, 7) is 1.74. The van der Waals surface area contributed by atoms with Crippen LogP contribution in [0.15, 0.2) is 84.9 Å². The van der Waals surface area contributed by atoms with Gasteiger partial charge in [0, 0.05) is 26.2 Å². The molecule has 1 N–H and O–H groups in total. The van der Waals surface area contributed by atoms with Gasteiger partial charge in [-0.2, -0.15) is 0 Å². The second kappa shape index (κ2) is 16.8. The molecule has 0 heterocycles. The molecule has 0 bridgehead atoms. The van der Waals surface area contributed by atoms with Gasteiger partial charge in [0.2, 0.25) is 0 Å². The monoisotopic (exact) mass is 536 g/mol. The van der Waals surface area contributed by atoms with E-state index in [2.05, 4.69) is 0 Å². The smallest absolute Gasteiger partial charge is 0.410 e. The lowest BCUT2D eigenvalue weighted by Crippen LogP contribution is -2.35. The molecule has 7 nitrogen and oxygen atoms in total. The number of ether oxygens (including phenoxy) is 2. The Kier molecular flexibility index (Phi) is 12.8. The Hall–Kier alpha value is -3.91. The molecule has 0 radical (unpaired) electrons. The first kappa shape index (κ1) is 29.6. The molecular formula is C31H37FN2O5. The predicted molar refractivity (Wildman–Crippen MR) is 147 cm³/mol. The number of aliphatic hydroxyl groups is 1. The second-order valence-corrected chi connectivity index (χ2v) is 9.25. The number of carbonyl (C=O) groups is 2. The van der Waals surface area contributed by atoms with Crippen molar-refractivity contribution in [1.82, 2.24) is 9.80 Å². The Morgan fingerprint density at radius 2 is 1.10 bits per heavy atom. The van der Waals surface area contributed by atoms with Crippen molar-refractivity contribution in [1.29, 1.82) is 0 Å². The van der Waals surface area contributed by atoms with E-state index in [0.29, 0.717) is 19.6 Å². The summed E-state index contributed by atoms with van der Waals surface area (Å²) >= 11 is 0. The zero-order valence-electron chi connectivity index (χ0n) is 22.2. The fraction of sp³-hybridized carbons (Fsp3) is 0.355. The SMILES string of the molecule is O=C(OCc1ccccc1)N(CCO)CCCCCCN(Cc1ccc(F)cc1)C(=O)OCc1ccccc1. The number of amides is 2. The summed E-state index contributed by atoms with van der Waals surface area (Å²) in [4.78, 5) is 28.5. The lowest BCUT2D eigenvalue weighted by Gasteiger charge is -2.23. The molecule has 0 aliphatic carbocycles. The van der Waals surface area contributed by atoms with Gasteiger partial charge < -0.3 is 24.4 Å². The van der Waals surface area contributed by atoms with Gasteiger partial charge in [-0.1, -0.05) is 85.6 Å². The first-order valence-electron chi connectivity index (χ1n) is 13.3. The molecule has 3 rings (SSSR count). The maximum absolute atomic E-state index is 13.3. The number of hydrogen-bond donors (Lipinski definition) is 1. The van der Waals surface area contributed by atoms with Crippen LogP contribution < -0.4 is 0 Å². The summed E-state index contributed by atoms with van der Waals surface area (Å²) in [5, 5.41) is 9.36. The van der Waals surface area contributed by atoms with E-state index in [1.54, 1.807) is 17.0 Å². The number of rotatable bonds is 15. The number of unbranched alkanes of at least 4 members (excludes halogenated alkanes) is 3. The summed E-state index contributed by atoms with van der Waals surface area (Å²) < 4.78 is 24.3. The summed E-state index contributed by atoms with van der Waals surface area (Å²) in [6, 6.07) is 25.0. The summed E-state index contributed by atoms with van der Waals surface area (Å²) in [5.41, 5.74) is 2.63. The van der Waals surface area contributed by atoms with Crippen molar-refractivity contribution in [2.24, 2.45) is 0 Å². The van der Waals surface area contributed by atoms with Crippen molar-refractivity contribution < 1.29 is 28.6 Å². The molecule has 3 aromatic carbocycles. The fourth-order valence-corrected chi connectivity index (χ4v) is 4.04. The minimum atomic E-state index is -0.445. The summed E-state index contributed by atoms with van der Waals surface area (Å²) in [7, 11) is 0. The van der Waals surface area contributed by atoms with Gasteiger partial charge in [0.05, 0.1) is 6.61 Å². The van der Waals surface area contributed by atoms with Crippen LogP contribution in [0.4, 0.5) is 14.0 Å². The fourth-order valence-electron chi connectivity index (χ4n) is 4.04. The minimum Gasteiger partial charge on any atom is -0.445 e. The Morgan fingerprint density at radius 1 is 0.615 bits per heavy atom. The number of nitrogens with zero attached hydrogens (tertiary/aromatic N) is 2. The van der Waals surface area contributed by atoms with Crippen LogP contribution in [-0.4, -0.2) is 53.3 Å². The zero-order chi connectivity index (χ0) is 27.7. The third-order valence-corrected chi connectivity index (χ3v) is 6.19. The third kappa shape index (κ3) is 11.2. The third-order valence-electron chi connectivity index (χ3n) is 6.19. The van der Waals surface area contributed by atoms with Gasteiger partial charge in [-0.25, -0.2) is 14.0 Å². The molecule has 8 heteroatoms. The lowest BCUT2D eigenvalue weighted by atomic mass is 10.1. The Labute approximate surface area is 229 Å². The normalized spacial score (nSPS) is 10.6. The summed E-state index contributed by atoms with van der Waals surface area (Å²) in [6.07, 6.45) is 2.32. The first-order valence-corrected chi connectivity index (χ1v) is 13.3. The number of carbonyl (C=O) groups excluding carboxylic acids is 2. The van der Waals surface area contributed by atoms with E-state index in [1.165, 1.54) is 17.0 Å². The minimum absolute atomic E-state index is 0.135. The lowest BCUT2D eigenvalue weighted by molar-refractivity contribution is 0.0871. The van der Waals surface area contributed by atoms with Gasteiger partial charge >= 0.3 is 12.2 Å². The Morgan fingerprint density at radius 3 is 1.62 bits per heavy atom. The standard InChI is InChI=1S/C31H37FN2O5/c32-29-17-15-26(16-18-29)23-34(31(37)39-25-28-13-7-4-8-14-28)20-10-2-1-9-19-33(21-22-35)30(36)38-24-27-11-5-3-6-12-27/h3-8,11-18,35H,1-2,9-10,19-25H2. The molecule has 0 aliphatic heterocycles. The molecule has 0 saturated heterocycles. The molecule has 0 unspecified atom stereocenters. The molecule has 0 fully saturated rings. The highest BCUT2D eigenvalue weighted by atomic mass is 19.1. The molecule has 3 aromatic rings. The van der Waals surface area contributed by atoms with Crippen LogP contribution in [0.2, 0.25) is 0 Å². The van der Waals surface area contributed by atoms with Gasteiger partial charge in [-0.3, -0.25) is 0 Å². The van der Waals surface area contributed by atoms with E-state index in [0.717, 1.165) is 42.4 Å². The quantitative estimate of drug-likeness (QED) is 0.236. The van der Waals surface area contributed by atoms with E-state index >= 15 is 0 Å². The Balaban J connectivity index is 1.43. The number of aliphatic hydroxyl groups excluding tert-OH is 1. The van der Waals surface area contributed by atoms with E-state index in [9.17, 15) is 19.1 Å². The number of halogens is 1. The van der Waals surface area contributed by atoms with Crippen LogP contribution in [0.5, 0.6) is 0 Å². The molecule has 2 amide bonds. The van der Waals surface area contributed by atoms with Crippen LogP contribution in [0.25, 0.3) is 0 Å². The molecule has 0 aromatic heterocycles. The van der Waals surface area contributed by atoms with E-state index in [-0.39, 0.29) is 32.2 Å². The van der Waals surface area contributed by atoms with Crippen LogP contribution in [0.1, 0.15) is 42.4 Å². The van der Waals surface area contributed by atoms with Crippen LogP contribution in [0.3, 0.4) is 0 Å². The van der Waals surface area contributed by atoms with Crippen LogP contribution in [-0.2, 0) is 29.2 Å². The maximum atomic E-state index is 13.3. The molecule has 0 aliphatic rings. The topological polar surface area (TPSA) is 79.3 Å². The van der Waals surface area contributed by atoms with Crippen molar-refractivity contribution in [2.75, 3.05) is 26.2 Å². The van der Waals surface area contributed by atoms with Crippen LogP contribution >= 0.6 is 0 Å². The zero-order valence-corrected chi connectivity index (χ0v) is 22.2. The number of benzene rings is 3. The molecule has 0 saturated carbocycles. The molecule has 208 valence electrons.